The van der Waals surface area contributed by atoms with Crippen molar-refractivity contribution in [3.63, 3.8) is 0 Å². The topological polar surface area (TPSA) is 99.1 Å². The molecule has 0 unspecified atom stereocenters. The molecule has 1 aliphatic rings. The second-order valence-electron chi connectivity index (χ2n) is 5.09. The van der Waals surface area contributed by atoms with Crippen LogP contribution in [-0.2, 0) is 4.74 Å². The Morgan fingerprint density at radius 3 is 3.05 bits per heavy atom. The Kier molecular flexibility index (Phi) is 3.15. The van der Waals surface area contributed by atoms with Gasteiger partial charge in [-0.05, 0) is 6.92 Å². The first kappa shape index (κ1) is 13.0. The largest absolute Gasteiger partial charge is 0.394 e. The van der Waals surface area contributed by atoms with Crippen LogP contribution in [-0.4, -0.2) is 37.3 Å². The SMILES string of the molecule is C=C(C)[C@H]1C[C@H](n2cnc3cnc(N)nc32)O[C@@H]1CO. The highest BCUT2D eigenvalue weighted by Gasteiger charge is 2.36. The van der Waals surface area contributed by atoms with E-state index in [1.54, 1.807) is 12.5 Å². The Labute approximate surface area is 116 Å². The Bertz CT molecular complexity index is 653. The van der Waals surface area contributed by atoms with E-state index in [0.717, 1.165) is 12.0 Å². The molecule has 3 rings (SSSR count). The zero-order valence-electron chi connectivity index (χ0n) is 11.2. The summed E-state index contributed by atoms with van der Waals surface area (Å²) in [5, 5.41) is 9.42. The number of imidazole rings is 1. The van der Waals surface area contributed by atoms with Crippen molar-refractivity contribution in [3.05, 3.63) is 24.7 Å². The summed E-state index contributed by atoms with van der Waals surface area (Å²) in [6.07, 6.45) is 3.51. The lowest BCUT2D eigenvalue weighted by atomic mass is 9.94. The number of hydrogen-bond donors (Lipinski definition) is 2. The van der Waals surface area contributed by atoms with E-state index in [1.807, 2.05) is 11.5 Å². The van der Waals surface area contributed by atoms with Crippen LogP contribution in [0.3, 0.4) is 0 Å². The number of aliphatic hydroxyl groups excluding tert-OH is 1. The molecule has 1 saturated heterocycles. The Morgan fingerprint density at radius 2 is 2.40 bits per heavy atom. The molecular weight excluding hydrogens is 258 g/mol. The molecule has 0 spiro atoms. The van der Waals surface area contributed by atoms with Crippen LogP contribution >= 0.6 is 0 Å². The van der Waals surface area contributed by atoms with Gasteiger partial charge in [0.1, 0.15) is 11.7 Å². The number of fused-ring (bicyclic) bond motifs is 1. The van der Waals surface area contributed by atoms with Gasteiger partial charge in [0.2, 0.25) is 5.95 Å². The standard InChI is InChI=1S/C13H17N5O2/c1-7(2)8-3-11(20-10(8)5-19)18-6-16-9-4-15-13(14)17-12(9)18/h4,6,8,10-11,19H,1,3,5H2,2H3,(H2,14,15,17)/t8-,10-,11-/m1/s1. The third-order valence-electron chi connectivity index (χ3n) is 3.69. The van der Waals surface area contributed by atoms with Crippen molar-refractivity contribution < 1.29 is 9.84 Å². The zero-order chi connectivity index (χ0) is 14.3. The van der Waals surface area contributed by atoms with Crippen LogP contribution in [0.4, 0.5) is 5.95 Å². The van der Waals surface area contributed by atoms with Gasteiger partial charge in [0, 0.05) is 12.3 Å². The highest BCUT2D eigenvalue weighted by Crippen LogP contribution is 2.37. The fourth-order valence-corrected chi connectivity index (χ4v) is 2.64. The lowest BCUT2D eigenvalue weighted by molar-refractivity contribution is -0.0264. The monoisotopic (exact) mass is 275 g/mol. The first-order valence-corrected chi connectivity index (χ1v) is 6.47. The molecule has 3 heterocycles. The number of nitrogen functional groups attached to an aromatic ring is 1. The first-order chi connectivity index (χ1) is 9.60. The van der Waals surface area contributed by atoms with Crippen molar-refractivity contribution in [1.29, 1.82) is 0 Å². The summed E-state index contributed by atoms with van der Waals surface area (Å²) < 4.78 is 7.72. The molecule has 7 heteroatoms. The average Bonchev–Trinajstić information content (AvgIpc) is 3.00. The summed E-state index contributed by atoms with van der Waals surface area (Å²) in [4.78, 5) is 12.4. The van der Waals surface area contributed by atoms with Gasteiger partial charge in [-0.15, -0.1) is 0 Å². The van der Waals surface area contributed by atoms with Crippen LogP contribution in [0.15, 0.2) is 24.7 Å². The lowest BCUT2D eigenvalue weighted by Crippen LogP contribution is -2.21. The van der Waals surface area contributed by atoms with Crippen molar-refractivity contribution in [2.24, 2.45) is 5.92 Å². The number of hydrogen-bond acceptors (Lipinski definition) is 6. The van der Waals surface area contributed by atoms with E-state index in [-0.39, 0.29) is 30.8 Å². The molecule has 2 aromatic heterocycles. The van der Waals surface area contributed by atoms with Crippen LogP contribution in [0.2, 0.25) is 0 Å². The van der Waals surface area contributed by atoms with Gasteiger partial charge in [-0.1, -0.05) is 12.2 Å². The molecule has 1 aliphatic heterocycles. The summed E-state index contributed by atoms with van der Waals surface area (Å²) in [6, 6.07) is 0. The van der Waals surface area contributed by atoms with Crippen LogP contribution in [0.1, 0.15) is 19.6 Å². The maximum absolute atomic E-state index is 9.42. The molecule has 2 aromatic rings. The summed E-state index contributed by atoms with van der Waals surface area (Å²) in [6.45, 7) is 5.89. The zero-order valence-corrected chi connectivity index (χ0v) is 11.2. The Morgan fingerprint density at radius 1 is 1.60 bits per heavy atom. The van der Waals surface area contributed by atoms with Crippen molar-refractivity contribution in [2.75, 3.05) is 12.3 Å². The third kappa shape index (κ3) is 2.04. The van der Waals surface area contributed by atoms with E-state index >= 15 is 0 Å². The minimum absolute atomic E-state index is 0.0300. The van der Waals surface area contributed by atoms with E-state index in [0.29, 0.717) is 11.2 Å². The van der Waals surface area contributed by atoms with Crippen molar-refractivity contribution in [3.8, 4) is 0 Å². The third-order valence-corrected chi connectivity index (χ3v) is 3.69. The van der Waals surface area contributed by atoms with E-state index in [4.69, 9.17) is 10.5 Å². The maximum Gasteiger partial charge on any atom is 0.222 e. The minimum Gasteiger partial charge on any atom is -0.394 e. The van der Waals surface area contributed by atoms with Crippen molar-refractivity contribution in [2.45, 2.75) is 25.7 Å². The fourth-order valence-electron chi connectivity index (χ4n) is 2.64. The smallest absolute Gasteiger partial charge is 0.222 e. The highest BCUT2D eigenvalue weighted by molar-refractivity contribution is 5.70. The predicted octanol–water partition coefficient (Wildman–Crippen LogP) is 0.881. The molecule has 106 valence electrons. The molecule has 0 bridgehead atoms. The highest BCUT2D eigenvalue weighted by atomic mass is 16.5. The Balaban J connectivity index is 1.96. The number of anilines is 1. The predicted molar refractivity (Wildman–Crippen MR) is 73.7 cm³/mol. The van der Waals surface area contributed by atoms with Gasteiger partial charge in [0.25, 0.3) is 0 Å². The van der Waals surface area contributed by atoms with Gasteiger partial charge < -0.3 is 15.6 Å². The molecule has 0 radical (unpaired) electrons. The molecule has 3 atom stereocenters. The van der Waals surface area contributed by atoms with Crippen molar-refractivity contribution >= 4 is 17.1 Å². The summed E-state index contributed by atoms with van der Waals surface area (Å²) in [5.41, 5.74) is 7.94. The van der Waals surface area contributed by atoms with Crippen molar-refractivity contribution in [1.82, 2.24) is 19.5 Å². The molecule has 0 amide bonds. The second-order valence-corrected chi connectivity index (χ2v) is 5.09. The summed E-state index contributed by atoms with van der Waals surface area (Å²) >= 11 is 0. The Hall–Kier alpha value is -1.99. The fraction of sp³-hybridized carbons (Fsp3) is 0.462. The number of nitrogens with zero attached hydrogens (tertiary/aromatic N) is 4. The van der Waals surface area contributed by atoms with E-state index < -0.39 is 0 Å². The van der Waals surface area contributed by atoms with E-state index in [2.05, 4.69) is 21.5 Å². The number of rotatable bonds is 3. The van der Waals surface area contributed by atoms with Gasteiger partial charge in [-0.3, -0.25) is 4.57 Å². The summed E-state index contributed by atoms with van der Waals surface area (Å²) in [7, 11) is 0. The molecule has 20 heavy (non-hydrogen) atoms. The van der Waals surface area contributed by atoms with E-state index in [1.165, 1.54) is 0 Å². The number of aromatic nitrogens is 4. The summed E-state index contributed by atoms with van der Waals surface area (Å²) in [5.74, 6) is 0.328. The molecule has 0 saturated carbocycles. The second kappa shape index (κ2) is 4.84. The molecule has 7 nitrogen and oxygen atoms in total. The molecular formula is C13H17N5O2. The van der Waals surface area contributed by atoms with Gasteiger partial charge in [0.05, 0.1) is 25.2 Å². The minimum atomic E-state index is -0.242. The molecule has 1 fully saturated rings. The van der Waals surface area contributed by atoms with Gasteiger partial charge in [-0.2, -0.15) is 4.98 Å². The van der Waals surface area contributed by atoms with Gasteiger partial charge in [0.15, 0.2) is 5.65 Å². The number of nitrogens with two attached hydrogens (primary N) is 1. The normalized spacial score (nSPS) is 26.2. The first-order valence-electron chi connectivity index (χ1n) is 6.47. The number of ether oxygens (including phenoxy) is 1. The quantitative estimate of drug-likeness (QED) is 0.807. The molecule has 0 aliphatic carbocycles. The van der Waals surface area contributed by atoms with E-state index in [9.17, 15) is 5.11 Å². The average molecular weight is 275 g/mol. The van der Waals surface area contributed by atoms with Crippen LogP contribution in [0, 0.1) is 5.92 Å². The van der Waals surface area contributed by atoms with Gasteiger partial charge in [-0.25, -0.2) is 9.97 Å². The van der Waals surface area contributed by atoms with Crippen LogP contribution in [0.5, 0.6) is 0 Å². The van der Waals surface area contributed by atoms with Gasteiger partial charge >= 0.3 is 0 Å². The van der Waals surface area contributed by atoms with Crippen LogP contribution < -0.4 is 5.73 Å². The molecule has 3 N–H and O–H groups in total. The maximum atomic E-state index is 9.42. The van der Waals surface area contributed by atoms with Crippen LogP contribution in [0.25, 0.3) is 11.2 Å². The number of aliphatic hydroxyl groups is 1. The lowest BCUT2D eigenvalue weighted by Gasteiger charge is -2.15. The molecule has 0 aromatic carbocycles.